The molecule has 2 heterocycles. The van der Waals surface area contributed by atoms with Crippen LogP contribution in [0.4, 0.5) is 5.69 Å². The largest absolute Gasteiger partial charge is 0.398 e. The van der Waals surface area contributed by atoms with Crippen molar-refractivity contribution in [3.05, 3.63) is 88.0 Å². The van der Waals surface area contributed by atoms with Gasteiger partial charge in [0, 0.05) is 24.5 Å². The molecular formula is C21H20N4O2. The van der Waals surface area contributed by atoms with Crippen molar-refractivity contribution in [1.82, 2.24) is 14.7 Å². The molecule has 6 nitrogen and oxygen atoms in total. The van der Waals surface area contributed by atoms with E-state index >= 15 is 0 Å². The fraction of sp³-hybridized carbons (Fsp3) is 0.0952. The Kier molecular flexibility index (Phi) is 5.17. The summed E-state index contributed by atoms with van der Waals surface area (Å²) in [6.45, 7) is 6.19. The second kappa shape index (κ2) is 7.70. The van der Waals surface area contributed by atoms with Crippen LogP contribution in [-0.4, -0.2) is 15.7 Å². The van der Waals surface area contributed by atoms with E-state index in [9.17, 15) is 9.59 Å². The van der Waals surface area contributed by atoms with Gasteiger partial charge in [-0.1, -0.05) is 24.8 Å². The molecule has 1 aromatic carbocycles. The van der Waals surface area contributed by atoms with Crippen molar-refractivity contribution in [2.45, 2.75) is 13.5 Å². The first-order valence-corrected chi connectivity index (χ1v) is 8.41. The molecule has 0 bridgehead atoms. The minimum atomic E-state index is -0.163. The maximum absolute atomic E-state index is 12.2. The number of pyridine rings is 1. The van der Waals surface area contributed by atoms with Gasteiger partial charge in [0.05, 0.1) is 11.4 Å². The van der Waals surface area contributed by atoms with Crippen LogP contribution in [0.1, 0.15) is 23.7 Å². The highest BCUT2D eigenvalue weighted by Gasteiger charge is 2.06. The van der Waals surface area contributed by atoms with Gasteiger partial charge >= 0.3 is 0 Å². The van der Waals surface area contributed by atoms with Crippen LogP contribution in [-0.2, 0) is 11.3 Å². The van der Waals surface area contributed by atoms with Crippen LogP contribution in [0, 0.1) is 0 Å². The van der Waals surface area contributed by atoms with Gasteiger partial charge in [-0.3, -0.25) is 14.0 Å². The Balaban J connectivity index is 1.75. The molecule has 0 amide bonds. The molecule has 0 aliphatic heterocycles. The number of hydrogen-bond acceptors (Lipinski definition) is 5. The maximum Gasteiger partial charge on any atom is 0.258 e. The molecule has 2 aromatic heterocycles. The maximum atomic E-state index is 12.2. The van der Waals surface area contributed by atoms with E-state index in [1.807, 2.05) is 24.3 Å². The molecule has 3 N–H and O–H groups in total. The normalized spacial score (nSPS) is 11.4. The summed E-state index contributed by atoms with van der Waals surface area (Å²) in [6.07, 6.45) is 4.21. The monoisotopic (exact) mass is 360 g/mol. The Morgan fingerprint density at radius 2 is 2.11 bits per heavy atom. The van der Waals surface area contributed by atoms with Crippen LogP contribution in [0.15, 0.2) is 65.6 Å². The zero-order chi connectivity index (χ0) is 19.4. The molecule has 0 spiro atoms. The van der Waals surface area contributed by atoms with Crippen molar-refractivity contribution in [2.24, 2.45) is 0 Å². The highest BCUT2D eigenvalue weighted by Crippen LogP contribution is 2.18. The van der Waals surface area contributed by atoms with Crippen LogP contribution in [0.5, 0.6) is 0 Å². The van der Waals surface area contributed by atoms with Gasteiger partial charge in [-0.2, -0.15) is 0 Å². The van der Waals surface area contributed by atoms with Crippen LogP contribution in [0.2, 0.25) is 0 Å². The van der Waals surface area contributed by atoms with E-state index in [4.69, 9.17) is 5.73 Å². The number of aldehydes is 1. The predicted molar refractivity (Wildman–Crippen MR) is 108 cm³/mol. The third-order valence-corrected chi connectivity index (χ3v) is 4.11. The number of fused-ring (bicyclic) bond motifs is 1. The molecule has 0 unspecified atom stereocenters. The SMILES string of the molecule is C=C(NCc1ccc(/C=C(\C)C=O)c(N)c1)c1cc(=O)n2ccccc2n1. The molecule has 0 radical (unpaired) electrons. The minimum Gasteiger partial charge on any atom is -0.398 e. The van der Waals surface area contributed by atoms with Gasteiger partial charge in [-0.05, 0) is 47.9 Å². The smallest absolute Gasteiger partial charge is 0.258 e. The zero-order valence-electron chi connectivity index (χ0n) is 15.0. The summed E-state index contributed by atoms with van der Waals surface area (Å²) < 4.78 is 1.48. The number of carbonyl (C=O) groups is 1. The van der Waals surface area contributed by atoms with Crippen molar-refractivity contribution < 1.29 is 4.79 Å². The Labute approximate surface area is 156 Å². The zero-order valence-corrected chi connectivity index (χ0v) is 15.0. The summed E-state index contributed by atoms with van der Waals surface area (Å²) in [5, 5.41) is 3.17. The van der Waals surface area contributed by atoms with Crippen LogP contribution in [0.25, 0.3) is 17.4 Å². The van der Waals surface area contributed by atoms with Crippen molar-refractivity contribution in [3.63, 3.8) is 0 Å². The Morgan fingerprint density at radius 1 is 1.30 bits per heavy atom. The standard InChI is InChI=1S/C21H20N4O2/c1-14(13-26)9-17-7-6-16(10-18(17)22)12-23-15(2)19-11-21(27)25-8-4-3-5-20(25)24-19/h3-11,13,23H,2,12,22H2,1H3/b14-9+. The number of anilines is 1. The quantitative estimate of drug-likeness (QED) is 0.401. The lowest BCUT2D eigenvalue weighted by atomic mass is 10.1. The van der Waals surface area contributed by atoms with Crippen LogP contribution >= 0.6 is 0 Å². The molecule has 0 atom stereocenters. The lowest BCUT2D eigenvalue weighted by Crippen LogP contribution is -2.18. The van der Waals surface area contributed by atoms with Gasteiger partial charge < -0.3 is 11.1 Å². The first kappa shape index (κ1) is 18.1. The Hall–Kier alpha value is -3.67. The second-order valence-electron chi connectivity index (χ2n) is 6.21. The topological polar surface area (TPSA) is 89.5 Å². The first-order valence-electron chi connectivity index (χ1n) is 8.41. The third-order valence-electron chi connectivity index (χ3n) is 4.11. The number of aromatic nitrogens is 2. The van der Waals surface area contributed by atoms with Gasteiger partial charge in [0.15, 0.2) is 0 Å². The molecule has 0 saturated carbocycles. The molecule has 3 rings (SSSR count). The van der Waals surface area contributed by atoms with Crippen molar-refractivity contribution in [1.29, 1.82) is 0 Å². The summed E-state index contributed by atoms with van der Waals surface area (Å²) in [5.41, 5.74) is 10.5. The highest BCUT2D eigenvalue weighted by atomic mass is 16.1. The van der Waals surface area contributed by atoms with E-state index in [-0.39, 0.29) is 5.56 Å². The lowest BCUT2D eigenvalue weighted by molar-refractivity contribution is -0.104. The molecule has 27 heavy (non-hydrogen) atoms. The fourth-order valence-corrected chi connectivity index (χ4v) is 2.65. The summed E-state index contributed by atoms with van der Waals surface area (Å²) >= 11 is 0. The number of allylic oxidation sites excluding steroid dienone is 1. The predicted octanol–water partition coefficient (Wildman–Crippen LogP) is 2.64. The third kappa shape index (κ3) is 4.12. The van der Waals surface area contributed by atoms with Gasteiger partial charge in [0.1, 0.15) is 11.9 Å². The lowest BCUT2D eigenvalue weighted by Gasteiger charge is -2.11. The van der Waals surface area contributed by atoms with E-state index in [1.54, 1.807) is 31.3 Å². The molecule has 0 aliphatic carbocycles. The van der Waals surface area contributed by atoms with E-state index < -0.39 is 0 Å². The fourth-order valence-electron chi connectivity index (χ4n) is 2.65. The average molecular weight is 360 g/mol. The number of hydrogen-bond donors (Lipinski definition) is 2. The highest BCUT2D eigenvalue weighted by molar-refractivity contribution is 5.83. The Morgan fingerprint density at radius 3 is 2.85 bits per heavy atom. The molecule has 136 valence electrons. The van der Waals surface area contributed by atoms with Gasteiger partial charge in [-0.15, -0.1) is 0 Å². The van der Waals surface area contributed by atoms with E-state index in [0.29, 0.717) is 34.8 Å². The first-order chi connectivity index (χ1) is 13.0. The number of benzene rings is 1. The van der Waals surface area contributed by atoms with Gasteiger partial charge in [-0.25, -0.2) is 4.98 Å². The average Bonchev–Trinajstić information content (AvgIpc) is 2.67. The van der Waals surface area contributed by atoms with Crippen molar-refractivity contribution in [3.8, 4) is 0 Å². The molecule has 0 fully saturated rings. The molecular weight excluding hydrogens is 340 g/mol. The number of nitrogens with zero attached hydrogens (tertiary/aromatic N) is 2. The number of nitrogens with two attached hydrogens (primary N) is 1. The molecule has 6 heteroatoms. The Bertz CT molecular complexity index is 1110. The van der Waals surface area contributed by atoms with Crippen LogP contribution < -0.4 is 16.6 Å². The summed E-state index contributed by atoms with van der Waals surface area (Å²) in [7, 11) is 0. The molecule has 0 saturated heterocycles. The minimum absolute atomic E-state index is 0.163. The number of nitrogen functional groups attached to an aromatic ring is 1. The summed E-state index contributed by atoms with van der Waals surface area (Å²) in [4.78, 5) is 27.4. The number of rotatable bonds is 6. The summed E-state index contributed by atoms with van der Waals surface area (Å²) in [5.74, 6) is 0. The summed E-state index contributed by atoms with van der Waals surface area (Å²) in [6, 6.07) is 12.5. The van der Waals surface area contributed by atoms with E-state index in [0.717, 1.165) is 17.4 Å². The van der Waals surface area contributed by atoms with Gasteiger partial charge in [0.2, 0.25) is 0 Å². The molecule has 3 aromatic rings. The van der Waals surface area contributed by atoms with Crippen LogP contribution in [0.3, 0.4) is 0 Å². The van der Waals surface area contributed by atoms with Gasteiger partial charge in [0.25, 0.3) is 5.56 Å². The van der Waals surface area contributed by atoms with E-state index in [2.05, 4.69) is 16.9 Å². The van der Waals surface area contributed by atoms with Crippen molar-refractivity contribution >= 4 is 29.4 Å². The second-order valence-corrected chi connectivity index (χ2v) is 6.21. The van der Waals surface area contributed by atoms with Crippen molar-refractivity contribution in [2.75, 3.05) is 5.73 Å². The number of carbonyl (C=O) groups excluding carboxylic acids is 1. The molecule has 0 aliphatic rings. The van der Waals surface area contributed by atoms with E-state index in [1.165, 1.54) is 10.5 Å². The number of nitrogens with one attached hydrogen (secondary N) is 1.